The van der Waals surface area contributed by atoms with Gasteiger partial charge in [0.2, 0.25) is 0 Å². The van der Waals surface area contributed by atoms with Crippen molar-refractivity contribution in [3.8, 4) is 0 Å². The Balaban J connectivity index is 2.78. The minimum Gasteiger partial charge on any atom is -0.395 e. The Bertz CT molecular complexity index is 262. The van der Waals surface area contributed by atoms with Gasteiger partial charge in [-0.2, -0.15) is 0 Å². The van der Waals surface area contributed by atoms with E-state index in [-0.39, 0.29) is 0 Å². The van der Waals surface area contributed by atoms with Gasteiger partial charge in [-0.05, 0) is 12.8 Å². The molecule has 0 aromatic carbocycles. The van der Waals surface area contributed by atoms with E-state index in [9.17, 15) is 0 Å². The zero-order chi connectivity index (χ0) is 8.97. The second-order valence-corrected chi connectivity index (χ2v) is 2.99. The highest BCUT2D eigenvalue weighted by atomic mass is 35.5. The van der Waals surface area contributed by atoms with Crippen molar-refractivity contribution < 1.29 is 0 Å². The van der Waals surface area contributed by atoms with E-state index in [1.165, 1.54) is 6.33 Å². The molecule has 1 aromatic heterocycles. The number of hydrogen-bond acceptors (Lipinski definition) is 3. The monoisotopic (exact) mass is 185 g/mol. The molecule has 0 amide bonds. The number of aromatic nitrogens is 2. The van der Waals surface area contributed by atoms with Crippen LogP contribution in [0.5, 0.6) is 0 Å². The first-order valence-electron chi connectivity index (χ1n) is 4.00. The van der Waals surface area contributed by atoms with Crippen LogP contribution in [0.4, 0.5) is 5.69 Å². The molecule has 0 bridgehead atoms. The lowest BCUT2D eigenvalue weighted by atomic mass is 10.2. The van der Waals surface area contributed by atoms with Gasteiger partial charge in [-0.15, -0.1) is 0 Å². The van der Waals surface area contributed by atoms with Crippen LogP contribution in [0.1, 0.15) is 25.5 Å². The van der Waals surface area contributed by atoms with Gasteiger partial charge in [0, 0.05) is 0 Å². The summed E-state index contributed by atoms with van der Waals surface area (Å²) in [5.74, 6) is 0. The van der Waals surface area contributed by atoms with Crippen molar-refractivity contribution in [3.05, 3.63) is 17.2 Å². The average Bonchev–Trinajstić information content (AvgIpc) is 2.08. The Labute approximate surface area is 77.0 Å². The van der Waals surface area contributed by atoms with Crippen LogP contribution >= 0.6 is 11.6 Å². The lowest BCUT2D eigenvalue weighted by Crippen LogP contribution is -2.00. The summed E-state index contributed by atoms with van der Waals surface area (Å²) in [6.07, 6.45) is 4.53. The number of hydrogen-bond donors (Lipinski definition) is 1. The zero-order valence-electron chi connectivity index (χ0n) is 7.05. The highest BCUT2D eigenvalue weighted by molar-refractivity contribution is 6.31. The van der Waals surface area contributed by atoms with E-state index in [1.807, 2.05) is 0 Å². The molecular formula is C8H12ClN3. The molecule has 66 valence electrons. The summed E-state index contributed by atoms with van der Waals surface area (Å²) < 4.78 is 0. The van der Waals surface area contributed by atoms with Gasteiger partial charge in [-0.1, -0.05) is 24.9 Å². The zero-order valence-corrected chi connectivity index (χ0v) is 7.80. The van der Waals surface area contributed by atoms with E-state index in [0.29, 0.717) is 10.8 Å². The third-order valence-corrected chi connectivity index (χ3v) is 1.99. The summed E-state index contributed by atoms with van der Waals surface area (Å²) in [6, 6.07) is 0. The van der Waals surface area contributed by atoms with Crippen molar-refractivity contribution in [3.63, 3.8) is 0 Å². The molecule has 0 saturated carbocycles. The van der Waals surface area contributed by atoms with Crippen molar-refractivity contribution in [1.82, 2.24) is 9.97 Å². The fraction of sp³-hybridized carbons (Fsp3) is 0.500. The normalized spacial score (nSPS) is 10.2. The molecule has 4 heteroatoms. The first kappa shape index (κ1) is 9.26. The van der Waals surface area contributed by atoms with Crippen molar-refractivity contribution in [1.29, 1.82) is 0 Å². The summed E-state index contributed by atoms with van der Waals surface area (Å²) in [4.78, 5) is 7.83. The highest BCUT2D eigenvalue weighted by Crippen LogP contribution is 2.18. The average molecular weight is 186 g/mol. The summed E-state index contributed by atoms with van der Waals surface area (Å²) in [7, 11) is 0. The summed E-state index contributed by atoms with van der Waals surface area (Å²) in [6.45, 7) is 2.12. The van der Waals surface area contributed by atoms with E-state index in [4.69, 9.17) is 17.3 Å². The van der Waals surface area contributed by atoms with E-state index >= 15 is 0 Å². The molecule has 3 nitrogen and oxygen atoms in total. The Morgan fingerprint density at radius 2 is 2.25 bits per heavy atom. The van der Waals surface area contributed by atoms with Crippen LogP contribution in [0.3, 0.4) is 0 Å². The second-order valence-electron chi connectivity index (χ2n) is 2.63. The number of anilines is 1. The topological polar surface area (TPSA) is 51.8 Å². The Morgan fingerprint density at radius 1 is 1.50 bits per heavy atom. The number of rotatable bonds is 3. The van der Waals surface area contributed by atoms with Crippen LogP contribution in [-0.4, -0.2) is 9.97 Å². The van der Waals surface area contributed by atoms with Crippen LogP contribution in [-0.2, 0) is 6.42 Å². The smallest absolute Gasteiger partial charge is 0.155 e. The molecule has 0 radical (unpaired) electrons. The van der Waals surface area contributed by atoms with Gasteiger partial charge in [-0.3, -0.25) is 0 Å². The molecule has 2 N–H and O–H groups in total. The molecular weight excluding hydrogens is 174 g/mol. The maximum Gasteiger partial charge on any atom is 0.155 e. The van der Waals surface area contributed by atoms with Crippen molar-refractivity contribution in [2.24, 2.45) is 0 Å². The van der Waals surface area contributed by atoms with E-state index in [2.05, 4.69) is 16.9 Å². The molecule has 1 heterocycles. The lowest BCUT2D eigenvalue weighted by molar-refractivity contribution is 0.775. The Hall–Kier alpha value is -0.830. The van der Waals surface area contributed by atoms with Gasteiger partial charge < -0.3 is 5.73 Å². The molecule has 0 atom stereocenters. The van der Waals surface area contributed by atoms with Gasteiger partial charge in [0.15, 0.2) is 5.15 Å². The maximum absolute atomic E-state index is 5.72. The van der Waals surface area contributed by atoms with Crippen LogP contribution in [0.15, 0.2) is 6.33 Å². The quantitative estimate of drug-likeness (QED) is 0.734. The minimum atomic E-state index is 0.358. The van der Waals surface area contributed by atoms with Gasteiger partial charge in [0.1, 0.15) is 6.33 Å². The maximum atomic E-state index is 5.72. The van der Waals surface area contributed by atoms with Crippen LogP contribution in [0.25, 0.3) is 0 Å². The third-order valence-electron chi connectivity index (χ3n) is 1.68. The molecule has 0 fully saturated rings. The SMILES string of the molecule is CCCCc1ncnc(Cl)c1N. The van der Waals surface area contributed by atoms with Gasteiger partial charge in [-0.25, -0.2) is 9.97 Å². The lowest BCUT2D eigenvalue weighted by Gasteiger charge is -2.03. The van der Waals surface area contributed by atoms with E-state index in [0.717, 1.165) is 25.0 Å². The predicted molar refractivity (Wildman–Crippen MR) is 50.1 cm³/mol. The molecule has 0 aliphatic carbocycles. The first-order valence-corrected chi connectivity index (χ1v) is 4.38. The van der Waals surface area contributed by atoms with Crippen molar-refractivity contribution in [2.75, 3.05) is 5.73 Å². The van der Waals surface area contributed by atoms with Gasteiger partial charge in [0.25, 0.3) is 0 Å². The molecule has 12 heavy (non-hydrogen) atoms. The van der Waals surface area contributed by atoms with E-state index in [1.54, 1.807) is 0 Å². The summed E-state index contributed by atoms with van der Waals surface area (Å²) in [5.41, 5.74) is 7.05. The predicted octanol–water partition coefficient (Wildman–Crippen LogP) is 2.05. The van der Waals surface area contributed by atoms with Crippen LogP contribution < -0.4 is 5.73 Å². The fourth-order valence-corrected chi connectivity index (χ4v) is 1.10. The number of nitrogens with zero attached hydrogens (tertiary/aromatic N) is 2. The van der Waals surface area contributed by atoms with Crippen molar-refractivity contribution in [2.45, 2.75) is 26.2 Å². The first-order chi connectivity index (χ1) is 5.75. The standard InChI is InChI=1S/C8H12ClN3/c1-2-3-4-6-7(10)8(9)12-5-11-6/h5H,2-4,10H2,1H3. The van der Waals surface area contributed by atoms with Crippen LogP contribution in [0, 0.1) is 0 Å². The number of aryl methyl sites for hydroxylation is 1. The van der Waals surface area contributed by atoms with Gasteiger partial charge in [0.05, 0.1) is 11.4 Å². The molecule has 1 aromatic rings. The molecule has 0 unspecified atom stereocenters. The van der Waals surface area contributed by atoms with E-state index < -0.39 is 0 Å². The number of unbranched alkanes of at least 4 members (excludes halogenated alkanes) is 1. The third kappa shape index (κ3) is 2.08. The molecule has 0 spiro atoms. The Kier molecular flexibility index (Phi) is 3.29. The number of nitrogen functional groups attached to an aromatic ring is 1. The minimum absolute atomic E-state index is 0.358. The molecule has 0 aliphatic rings. The Morgan fingerprint density at radius 3 is 2.92 bits per heavy atom. The second kappa shape index (κ2) is 4.26. The number of halogens is 1. The van der Waals surface area contributed by atoms with Gasteiger partial charge >= 0.3 is 0 Å². The van der Waals surface area contributed by atoms with Crippen LogP contribution in [0.2, 0.25) is 5.15 Å². The van der Waals surface area contributed by atoms with Crippen molar-refractivity contribution >= 4 is 17.3 Å². The number of nitrogens with two attached hydrogens (primary N) is 1. The largest absolute Gasteiger partial charge is 0.395 e. The molecule has 0 aliphatic heterocycles. The summed E-state index contributed by atoms with van der Waals surface area (Å²) >= 11 is 5.72. The molecule has 0 saturated heterocycles. The highest BCUT2D eigenvalue weighted by Gasteiger charge is 2.04. The summed E-state index contributed by atoms with van der Waals surface area (Å²) in [5, 5.41) is 0.358. The molecule has 1 rings (SSSR count). The fourth-order valence-electron chi connectivity index (χ4n) is 0.951.